The normalized spacial score (nSPS) is 11.6. The van der Waals surface area contributed by atoms with Crippen molar-refractivity contribution in [1.29, 1.82) is 0 Å². The highest BCUT2D eigenvalue weighted by atomic mass is 16.3. The number of hydrogen-bond donors (Lipinski definition) is 0. The second kappa shape index (κ2) is 14.3. The van der Waals surface area contributed by atoms with E-state index >= 15 is 0 Å². The van der Waals surface area contributed by atoms with E-state index < -0.39 is 0 Å². The number of para-hydroxylation sites is 3. The van der Waals surface area contributed by atoms with Crippen LogP contribution in [-0.4, -0.2) is 15.0 Å². The van der Waals surface area contributed by atoms with Crippen LogP contribution in [0.2, 0.25) is 0 Å². The lowest BCUT2D eigenvalue weighted by Crippen LogP contribution is -1.95. The first-order valence-electron chi connectivity index (χ1n) is 20.6. The van der Waals surface area contributed by atoms with E-state index in [0.29, 0.717) is 5.82 Å². The third-order valence-corrected chi connectivity index (χ3v) is 11.8. The van der Waals surface area contributed by atoms with Crippen LogP contribution in [0.5, 0.6) is 0 Å². The fraction of sp³-hybridized carbons (Fsp3) is 0. The van der Waals surface area contributed by atoms with Gasteiger partial charge in [-0.25, -0.2) is 15.0 Å². The van der Waals surface area contributed by atoms with Crippen molar-refractivity contribution in [2.75, 3.05) is 0 Å². The lowest BCUT2D eigenvalue weighted by molar-refractivity contribution is 0.669. The maximum Gasteiger partial charge on any atom is 0.160 e. The molecule has 0 saturated heterocycles. The Bertz CT molecular complexity index is 3630. The van der Waals surface area contributed by atoms with Gasteiger partial charge >= 0.3 is 0 Å². The van der Waals surface area contributed by atoms with Gasteiger partial charge in [0, 0.05) is 54.6 Å². The molecule has 9 aromatic carbocycles. The fourth-order valence-corrected chi connectivity index (χ4v) is 8.99. The molecule has 0 aliphatic carbocycles. The average Bonchev–Trinajstić information content (AvgIpc) is 3.71. The van der Waals surface area contributed by atoms with Crippen LogP contribution in [0.1, 0.15) is 0 Å². The maximum atomic E-state index is 6.63. The van der Waals surface area contributed by atoms with Crippen LogP contribution in [0.25, 0.3) is 122 Å². The molecule has 284 valence electrons. The van der Waals surface area contributed by atoms with Crippen LogP contribution in [-0.2, 0) is 0 Å². The molecule has 3 heterocycles. The second-order valence-corrected chi connectivity index (χ2v) is 15.5. The Kier molecular flexibility index (Phi) is 8.13. The summed E-state index contributed by atoms with van der Waals surface area (Å²) in [4.78, 5) is 15.6. The van der Waals surface area contributed by atoms with Gasteiger partial charge < -0.3 is 4.42 Å². The first-order valence-corrected chi connectivity index (χ1v) is 20.6. The zero-order valence-corrected chi connectivity index (χ0v) is 33.0. The van der Waals surface area contributed by atoms with E-state index in [1.54, 1.807) is 0 Å². The van der Waals surface area contributed by atoms with Gasteiger partial charge in [0.2, 0.25) is 0 Å². The molecule has 12 rings (SSSR count). The minimum absolute atomic E-state index is 0.701. The van der Waals surface area contributed by atoms with Crippen LogP contribution in [0, 0.1) is 0 Å². The Hall–Kier alpha value is -8.21. The number of hydrogen-bond acceptors (Lipinski definition) is 4. The number of fused-ring (bicyclic) bond motifs is 7. The summed E-state index contributed by atoms with van der Waals surface area (Å²) < 4.78 is 6.63. The SMILES string of the molecule is c1ccc(-c2cccc(-c3nc(-c4cccc(-c5ccc(-c6c7c(cc8c(-c9ccccc9)nc9ccccc9c68)oc6ccccc67)cc5)c4)c4ccccc4n3)c2)cc1. The van der Waals surface area contributed by atoms with Gasteiger partial charge in [0.25, 0.3) is 0 Å². The van der Waals surface area contributed by atoms with Gasteiger partial charge in [-0.2, -0.15) is 0 Å². The minimum atomic E-state index is 0.701. The molecule has 0 spiro atoms. The van der Waals surface area contributed by atoms with E-state index in [1.165, 1.54) is 5.39 Å². The largest absolute Gasteiger partial charge is 0.456 e. The van der Waals surface area contributed by atoms with Crippen molar-refractivity contribution in [1.82, 2.24) is 15.0 Å². The molecule has 61 heavy (non-hydrogen) atoms. The molecule has 0 N–H and O–H groups in total. The summed E-state index contributed by atoms with van der Waals surface area (Å²) in [6.07, 6.45) is 0. The Morgan fingerprint density at radius 2 is 0.803 bits per heavy atom. The van der Waals surface area contributed by atoms with Gasteiger partial charge in [-0.15, -0.1) is 0 Å². The number of furan rings is 1. The molecule has 0 aliphatic rings. The zero-order valence-electron chi connectivity index (χ0n) is 33.0. The molecule has 0 radical (unpaired) electrons. The summed E-state index contributed by atoms with van der Waals surface area (Å²) in [5.74, 6) is 0.701. The summed E-state index contributed by atoms with van der Waals surface area (Å²) in [7, 11) is 0. The second-order valence-electron chi connectivity index (χ2n) is 15.5. The minimum Gasteiger partial charge on any atom is -0.456 e. The third-order valence-electron chi connectivity index (χ3n) is 11.8. The molecular formula is C57H35N3O. The number of rotatable bonds is 6. The molecule has 0 fully saturated rings. The molecule has 3 aromatic heterocycles. The van der Waals surface area contributed by atoms with Crippen molar-refractivity contribution in [2.24, 2.45) is 0 Å². The Morgan fingerprint density at radius 3 is 1.56 bits per heavy atom. The Labute approximate surface area is 352 Å². The molecule has 0 saturated carbocycles. The van der Waals surface area contributed by atoms with Crippen molar-refractivity contribution in [3.63, 3.8) is 0 Å². The predicted octanol–water partition coefficient (Wildman–Crippen LogP) is 15.2. The smallest absolute Gasteiger partial charge is 0.160 e. The van der Waals surface area contributed by atoms with Gasteiger partial charge in [0.05, 0.1) is 22.4 Å². The lowest BCUT2D eigenvalue weighted by Gasteiger charge is -2.16. The maximum absolute atomic E-state index is 6.63. The average molecular weight is 778 g/mol. The van der Waals surface area contributed by atoms with E-state index in [9.17, 15) is 0 Å². The van der Waals surface area contributed by atoms with E-state index in [0.717, 1.165) is 111 Å². The van der Waals surface area contributed by atoms with Gasteiger partial charge in [-0.05, 0) is 64.2 Å². The predicted molar refractivity (Wildman–Crippen MR) is 252 cm³/mol. The topological polar surface area (TPSA) is 51.8 Å². The van der Waals surface area contributed by atoms with Crippen LogP contribution in [0.4, 0.5) is 0 Å². The summed E-state index contributed by atoms with van der Waals surface area (Å²) >= 11 is 0. The molecule has 0 unspecified atom stereocenters. The van der Waals surface area contributed by atoms with Crippen molar-refractivity contribution < 1.29 is 4.42 Å². The molecule has 0 bridgehead atoms. The van der Waals surface area contributed by atoms with Crippen LogP contribution >= 0.6 is 0 Å². The van der Waals surface area contributed by atoms with E-state index in [2.05, 4.69) is 188 Å². The highest BCUT2D eigenvalue weighted by Crippen LogP contribution is 2.46. The van der Waals surface area contributed by atoms with Gasteiger partial charge in [-0.3, -0.25) is 0 Å². The fourth-order valence-electron chi connectivity index (χ4n) is 8.99. The number of nitrogens with zero attached hydrogens (tertiary/aromatic N) is 3. The van der Waals surface area contributed by atoms with Crippen molar-refractivity contribution in [2.45, 2.75) is 0 Å². The summed E-state index contributed by atoms with van der Waals surface area (Å²) in [5.41, 5.74) is 15.3. The number of pyridine rings is 1. The van der Waals surface area contributed by atoms with Crippen LogP contribution in [0.15, 0.2) is 217 Å². The van der Waals surface area contributed by atoms with Crippen LogP contribution in [0.3, 0.4) is 0 Å². The quantitative estimate of drug-likeness (QED) is 0.158. The van der Waals surface area contributed by atoms with Gasteiger partial charge in [0.15, 0.2) is 5.82 Å². The van der Waals surface area contributed by atoms with Crippen molar-refractivity contribution >= 4 is 54.5 Å². The van der Waals surface area contributed by atoms with Crippen molar-refractivity contribution in [3.8, 4) is 67.3 Å². The third kappa shape index (κ3) is 5.96. The molecule has 0 atom stereocenters. The number of aromatic nitrogens is 3. The van der Waals surface area contributed by atoms with E-state index in [-0.39, 0.29) is 0 Å². The Morgan fingerprint density at radius 1 is 0.279 bits per heavy atom. The lowest BCUT2D eigenvalue weighted by atomic mass is 9.89. The van der Waals surface area contributed by atoms with Gasteiger partial charge in [-0.1, -0.05) is 176 Å². The standard InChI is InChI=1S/C57H35N3O/c1-3-15-36(16-4-1)41-20-14-22-43(34-41)57-59-49-27-11-8-24-45(49)56(60-57)42-21-13-19-40(33-42)37-29-31-38(32-30-37)52-53-44-23-7-10-26-48(44)58-55(39-17-5-2-6-18-39)47(53)35-51-54(52)46-25-9-12-28-50(46)61-51/h1-35H. The first kappa shape index (κ1) is 34.8. The summed E-state index contributed by atoms with van der Waals surface area (Å²) in [5, 5.41) is 6.55. The zero-order chi connectivity index (χ0) is 40.3. The highest BCUT2D eigenvalue weighted by molar-refractivity contribution is 6.27. The highest BCUT2D eigenvalue weighted by Gasteiger charge is 2.22. The Balaban J connectivity index is 1.01. The first-order chi connectivity index (χ1) is 30.2. The molecule has 0 aliphatic heterocycles. The van der Waals surface area contributed by atoms with E-state index in [4.69, 9.17) is 19.4 Å². The number of benzene rings is 9. The van der Waals surface area contributed by atoms with Crippen molar-refractivity contribution in [3.05, 3.63) is 212 Å². The molecular weight excluding hydrogens is 743 g/mol. The summed E-state index contributed by atoms with van der Waals surface area (Å²) in [6.45, 7) is 0. The molecule has 0 amide bonds. The monoisotopic (exact) mass is 777 g/mol. The molecule has 12 aromatic rings. The molecule has 4 nitrogen and oxygen atoms in total. The van der Waals surface area contributed by atoms with Gasteiger partial charge in [0.1, 0.15) is 11.2 Å². The summed E-state index contributed by atoms with van der Waals surface area (Å²) in [6, 6.07) is 74.4. The van der Waals surface area contributed by atoms with E-state index in [1.807, 2.05) is 24.3 Å². The molecule has 4 heteroatoms. The van der Waals surface area contributed by atoms with Crippen LogP contribution < -0.4 is 0 Å².